The minimum Gasteiger partial charge on any atom is -0.326 e. The normalized spacial score (nSPS) is 11.2. The lowest BCUT2D eigenvalue weighted by Crippen LogP contribution is -2.39. The zero-order chi connectivity index (χ0) is 23.8. The van der Waals surface area contributed by atoms with E-state index in [2.05, 4.69) is 26.6 Å². The average molecular weight is 530 g/mol. The Morgan fingerprint density at radius 2 is 1.52 bits per heavy atom. The molecule has 0 spiro atoms. The van der Waals surface area contributed by atoms with Crippen LogP contribution in [0.3, 0.4) is 0 Å². The van der Waals surface area contributed by atoms with Crippen molar-refractivity contribution in [1.29, 1.82) is 0 Å². The summed E-state index contributed by atoms with van der Waals surface area (Å²) in [7, 11) is -3.90. The molecule has 9 heteroatoms. The van der Waals surface area contributed by atoms with E-state index in [4.69, 9.17) is 0 Å². The number of anilines is 2. The monoisotopic (exact) mass is 529 g/mol. The molecular weight excluding hydrogens is 506 g/mol. The molecule has 2 N–H and O–H groups in total. The van der Waals surface area contributed by atoms with Gasteiger partial charge in [0, 0.05) is 29.3 Å². The Bertz CT molecular complexity index is 1220. The molecule has 0 aliphatic carbocycles. The summed E-state index contributed by atoms with van der Waals surface area (Å²) in [5.41, 5.74) is 1.95. The molecule has 3 aromatic rings. The number of sulfonamides is 1. The van der Waals surface area contributed by atoms with Gasteiger partial charge in [-0.2, -0.15) is 4.31 Å². The van der Waals surface area contributed by atoms with Crippen molar-refractivity contribution in [3.05, 3.63) is 88.9 Å². The summed E-state index contributed by atoms with van der Waals surface area (Å²) in [4.78, 5) is 24.2. The minimum absolute atomic E-state index is 0.110. The number of benzene rings is 3. The molecule has 3 rings (SSSR count). The summed E-state index contributed by atoms with van der Waals surface area (Å²) in [6.45, 7) is 1.18. The van der Waals surface area contributed by atoms with Crippen LogP contribution in [0.1, 0.15) is 12.5 Å². The molecule has 0 fully saturated rings. The fourth-order valence-electron chi connectivity index (χ4n) is 3.18. The molecular formula is C24H24BrN3O4S. The van der Waals surface area contributed by atoms with Gasteiger partial charge < -0.3 is 10.6 Å². The second kappa shape index (κ2) is 11.2. The quantitative estimate of drug-likeness (QED) is 0.432. The van der Waals surface area contributed by atoms with Crippen LogP contribution in [0.5, 0.6) is 0 Å². The maximum absolute atomic E-state index is 13.3. The van der Waals surface area contributed by atoms with Crippen molar-refractivity contribution in [3.8, 4) is 0 Å². The molecule has 0 aliphatic heterocycles. The number of rotatable bonds is 9. The van der Waals surface area contributed by atoms with E-state index < -0.39 is 15.9 Å². The summed E-state index contributed by atoms with van der Waals surface area (Å²) < 4.78 is 28.6. The molecule has 0 saturated carbocycles. The summed E-state index contributed by atoms with van der Waals surface area (Å²) in [5, 5.41) is 5.36. The van der Waals surface area contributed by atoms with Gasteiger partial charge in [0.15, 0.2) is 0 Å². The van der Waals surface area contributed by atoms with E-state index in [0.717, 1.165) is 10.0 Å². The second-order valence-corrected chi connectivity index (χ2v) is 10.2. The lowest BCUT2D eigenvalue weighted by atomic mass is 10.1. The van der Waals surface area contributed by atoms with Crippen LogP contribution in [0.4, 0.5) is 11.4 Å². The van der Waals surface area contributed by atoms with Gasteiger partial charge in [-0.05, 0) is 54.4 Å². The average Bonchev–Trinajstić information content (AvgIpc) is 2.77. The third kappa shape index (κ3) is 7.24. The van der Waals surface area contributed by atoms with Gasteiger partial charge >= 0.3 is 0 Å². The summed E-state index contributed by atoms with van der Waals surface area (Å²) in [6.07, 6.45) is 0.460. The van der Waals surface area contributed by atoms with Crippen LogP contribution in [0, 0.1) is 0 Å². The lowest BCUT2D eigenvalue weighted by Gasteiger charge is -2.22. The Labute approximate surface area is 202 Å². The van der Waals surface area contributed by atoms with E-state index in [1.165, 1.54) is 23.4 Å². The molecule has 0 atom stereocenters. The Balaban J connectivity index is 1.79. The Hall–Kier alpha value is -3.01. The van der Waals surface area contributed by atoms with E-state index in [1.54, 1.807) is 36.4 Å². The Kier molecular flexibility index (Phi) is 8.37. The summed E-state index contributed by atoms with van der Waals surface area (Å²) in [5.74, 6) is -0.713. The zero-order valence-electron chi connectivity index (χ0n) is 18.0. The van der Waals surface area contributed by atoms with Crippen LogP contribution in [0.15, 0.2) is 88.2 Å². The smallest absolute Gasteiger partial charge is 0.243 e. The maximum Gasteiger partial charge on any atom is 0.243 e. The predicted molar refractivity (Wildman–Crippen MR) is 132 cm³/mol. The third-order valence-corrected chi connectivity index (χ3v) is 7.12. The van der Waals surface area contributed by atoms with Crippen molar-refractivity contribution >= 4 is 49.1 Å². The highest BCUT2D eigenvalue weighted by Gasteiger charge is 2.26. The van der Waals surface area contributed by atoms with Crippen molar-refractivity contribution in [2.45, 2.75) is 18.2 Å². The summed E-state index contributed by atoms with van der Waals surface area (Å²) >= 11 is 3.31. The molecule has 2 amide bonds. The van der Waals surface area contributed by atoms with E-state index in [-0.39, 0.29) is 23.9 Å². The van der Waals surface area contributed by atoms with Gasteiger partial charge in [-0.1, -0.05) is 52.3 Å². The van der Waals surface area contributed by atoms with Crippen molar-refractivity contribution in [1.82, 2.24) is 4.31 Å². The largest absolute Gasteiger partial charge is 0.326 e. The van der Waals surface area contributed by atoms with Gasteiger partial charge in [0.1, 0.15) is 0 Å². The van der Waals surface area contributed by atoms with Crippen LogP contribution >= 0.6 is 15.9 Å². The summed E-state index contributed by atoms with van der Waals surface area (Å²) in [6, 6.07) is 22.5. The highest BCUT2D eigenvalue weighted by atomic mass is 79.9. The number of halogens is 1. The molecule has 172 valence electrons. The lowest BCUT2D eigenvalue weighted by molar-refractivity contribution is -0.116. The van der Waals surface area contributed by atoms with Gasteiger partial charge in [-0.25, -0.2) is 8.42 Å². The van der Waals surface area contributed by atoms with E-state index in [0.29, 0.717) is 17.8 Å². The molecule has 0 aromatic heterocycles. The number of amides is 2. The van der Waals surface area contributed by atoms with Gasteiger partial charge in [0.05, 0.1) is 11.4 Å². The van der Waals surface area contributed by atoms with Gasteiger partial charge in [0.2, 0.25) is 21.8 Å². The van der Waals surface area contributed by atoms with Gasteiger partial charge in [-0.15, -0.1) is 0 Å². The van der Waals surface area contributed by atoms with Crippen LogP contribution in [0.25, 0.3) is 0 Å². The number of nitrogens with one attached hydrogen (secondary N) is 2. The molecule has 33 heavy (non-hydrogen) atoms. The molecule has 0 aliphatic rings. The first-order chi connectivity index (χ1) is 15.7. The molecule has 0 saturated heterocycles. The molecule has 7 nitrogen and oxygen atoms in total. The van der Waals surface area contributed by atoms with Crippen molar-refractivity contribution in [2.75, 3.05) is 23.7 Å². The van der Waals surface area contributed by atoms with Crippen molar-refractivity contribution in [2.24, 2.45) is 0 Å². The SMILES string of the molecule is CC(=O)Nc1cccc(NC(=O)CN(CCc2ccccc2)S(=O)(=O)c2ccc(Br)cc2)c1. The minimum atomic E-state index is -3.90. The highest BCUT2D eigenvalue weighted by molar-refractivity contribution is 9.10. The number of carbonyl (C=O) groups excluding carboxylic acids is 2. The van der Waals surface area contributed by atoms with Gasteiger partial charge in [-0.3, -0.25) is 9.59 Å². The van der Waals surface area contributed by atoms with Crippen LogP contribution in [-0.4, -0.2) is 37.6 Å². The predicted octanol–water partition coefficient (Wildman–Crippen LogP) is 4.28. The number of carbonyl (C=O) groups is 2. The maximum atomic E-state index is 13.3. The number of hydrogen-bond acceptors (Lipinski definition) is 4. The van der Waals surface area contributed by atoms with Crippen LogP contribution in [0.2, 0.25) is 0 Å². The van der Waals surface area contributed by atoms with E-state index in [1.807, 2.05) is 30.3 Å². The first kappa shape index (κ1) is 24.6. The van der Waals surface area contributed by atoms with E-state index >= 15 is 0 Å². The third-order valence-electron chi connectivity index (χ3n) is 4.73. The molecule has 0 radical (unpaired) electrons. The molecule has 0 heterocycles. The number of hydrogen-bond donors (Lipinski definition) is 2. The van der Waals surface area contributed by atoms with Crippen molar-refractivity contribution in [3.63, 3.8) is 0 Å². The topological polar surface area (TPSA) is 95.6 Å². The van der Waals surface area contributed by atoms with Crippen molar-refractivity contribution < 1.29 is 18.0 Å². The Morgan fingerprint density at radius 1 is 0.879 bits per heavy atom. The zero-order valence-corrected chi connectivity index (χ0v) is 20.4. The Morgan fingerprint density at radius 3 is 2.15 bits per heavy atom. The highest BCUT2D eigenvalue weighted by Crippen LogP contribution is 2.20. The molecule has 0 bridgehead atoms. The first-order valence-corrected chi connectivity index (χ1v) is 12.4. The fraction of sp³-hybridized carbons (Fsp3) is 0.167. The molecule has 3 aromatic carbocycles. The van der Waals surface area contributed by atoms with Gasteiger partial charge in [0.25, 0.3) is 0 Å². The van der Waals surface area contributed by atoms with Crippen LogP contribution < -0.4 is 10.6 Å². The molecule has 0 unspecified atom stereocenters. The number of nitrogens with zero attached hydrogens (tertiary/aromatic N) is 1. The standard InChI is InChI=1S/C24H24BrN3O4S/c1-18(29)26-21-8-5-9-22(16-21)27-24(30)17-28(15-14-19-6-3-2-4-7-19)33(31,32)23-12-10-20(25)11-13-23/h2-13,16H,14-15,17H2,1H3,(H,26,29)(H,27,30). The first-order valence-electron chi connectivity index (χ1n) is 10.2. The second-order valence-electron chi connectivity index (χ2n) is 7.34. The fourth-order valence-corrected chi connectivity index (χ4v) is 4.84. The van der Waals surface area contributed by atoms with E-state index in [9.17, 15) is 18.0 Å². The van der Waals surface area contributed by atoms with Crippen LogP contribution in [-0.2, 0) is 26.0 Å².